The van der Waals surface area contributed by atoms with Crippen LogP contribution in [0.1, 0.15) is 0 Å². The third-order valence-corrected chi connectivity index (χ3v) is 9.23. The quantitative estimate of drug-likeness (QED) is 0.205. The van der Waals surface area contributed by atoms with Crippen molar-refractivity contribution >= 4 is 60.9 Å². The summed E-state index contributed by atoms with van der Waals surface area (Å²) in [6, 6.07) is 56.6. The molecule has 0 N–H and O–H groups in total. The largest absolute Gasteiger partial charge is 0.309 e. The van der Waals surface area contributed by atoms with Gasteiger partial charge in [0.1, 0.15) is 0 Å². The third kappa shape index (κ3) is 3.39. The van der Waals surface area contributed by atoms with E-state index in [2.05, 4.69) is 172 Å². The molecule has 2 aromatic heterocycles. The van der Waals surface area contributed by atoms with E-state index in [0.717, 1.165) is 45.2 Å². The van der Waals surface area contributed by atoms with E-state index in [1.807, 2.05) is 0 Å². The van der Waals surface area contributed by atoms with Gasteiger partial charge in [-0.2, -0.15) is 0 Å². The number of nitrogens with zero attached hydrogens (tertiary/aromatic N) is 4. The van der Waals surface area contributed by atoms with Crippen LogP contribution < -0.4 is 4.90 Å². The van der Waals surface area contributed by atoms with Gasteiger partial charge in [0, 0.05) is 33.0 Å². The van der Waals surface area contributed by atoms with Gasteiger partial charge in [0.25, 0.3) is 0 Å². The highest BCUT2D eigenvalue weighted by Crippen LogP contribution is 2.50. The first kappa shape index (κ1) is 24.3. The maximum atomic E-state index is 5.36. The van der Waals surface area contributed by atoms with Gasteiger partial charge in [0.05, 0.1) is 39.1 Å². The molecule has 0 atom stereocenters. The first-order chi connectivity index (χ1) is 22.3. The Morgan fingerprint density at radius 3 is 2.04 bits per heavy atom. The number of para-hydroxylation sites is 5. The summed E-state index contributed by atoms with van der Waals surface area (Å²) >= 11 is 0. The Morgan fingerprint density at radius 1 is 0.422 bits per heavy atom. The van der Waals surface area contributed by atoms with Crippen molar-refractivity contribution in [2.45, 2.75) is 0 Å². The van der Waals surface area contributed by atoms with Gasteiger partial charge in [-0.1, -0.05) is 109 Å². The second-order valence-corrected chi connectivity index (χ2v) is 11.7. The van der Waals surface area contributed by atoms with Crippen LogP contribution in [0.15, 0.2) is 158 Å². The van der Waals surface area contributed by atoms with Crippen LogP contribution in [-0.4, -0.2) is 14.1 Å². The Balaban J connectivity index is 1.34. The molecule has 0 saturated carbocycles. The van der Waals surface area contributed by atoms with Gasteiger partial charge in [-0.3, -0.25) is 9.47 Å². The number of aromatic nitrogens is 3. The zero-order valence-electron chi connectivity index (χ0n) is 24.3. The summed E-state index contributed by atoms with van der Waals surface area (Å²) in [5.41, 5.74) is 11.2. The molecule has 10 rings (SSSR count). The third-order valence-electron chi connectivity index (χ3n) is 9.23. The summed E-state index contributed by atoms with van der Waals surface area (Å²) in [6.07, 6.45) is 0. The molecule has 3 heterocycles. The maximum absolute atomic E-state index is 5.36. The zero-order valence-corrected chi connectivity index (χ0v) is 24.3. The minimum atomic E-state index is 0.875. The van der Waals surface area contributed by atoms with E-state index in [1.165, 1.54) is 38.2 Å². The molecule has 0 amide bonds. The minimum absolute atomic E-state index is 0.875. The van der Waals surface area contributed by atoms with Crippen LogP contribution >= 0.6 is 0 Å². The van der Waals surface area contributed by atoms with Gasteiger partial charge in [-0.05, 0) is 53.9 Å². The molecule has 4 nitrogen and oxygen atoms in total. The molecule has 0 spiro atoms. The van der Waals surface area contributed by atoms with Crippen molar-refractivity contribution in [2.75, 3.05) is 4.90 Å². The van der Waals surface area contributed by atoms with Gasteiger partial charge in [0.15, 0.2) is 0 Å². The van der Waals surface area contributed by atoms with Crippen molar-refractivity contribution in [1.82, 2.24) is 14.1 Å². The molecule has 0 unspecified atom stereocenters. The molecule has 7 aromatic carbocycles. The number of fused-ring (bicyclic) bond motifs is 12. The Bertz CT molecular complexity index is 2610. The molecule has 0 aliphatic carbocycles. The molecular formula is C41H26N4. The van der Waals surface area contributed by atoms with Crippen LogP contribution in [-0.2, 0) is 0 Å². The van der Waals surface area contributed by atoms with Gasteiger partial charge in [-0.15, -0.1) is 0 Å². The molecule has 0 fully saturated rings. The number of anilines is 3. The Hall–Kier alpha value is -6.13. The van der Waals surface area contributed by atoms with Crippen LogP contribution in [0.2, 0.25) is 0 Å². The average Bonchev–Trinajstić information content (AvgIpc) is 3.60. The van der Waals surface area contributed by atoms with Crippen molar-refractivity contribution in [1.29, 1.82) is 0 Å². The fourth-order valence-corrected chi connectivity index (χ4v) is 7.31. The van der Waals surface area contributed by atoms with Crippen molar-refractivity contribution in [3.63, 3.8) is 0 Å². The van der Waals surface area contributed by atoms with Crippen LogP contribution in [0.25, 0.3) is 66.1 Å². The predicted molar refractivity (Wildman–Crippen MR) is 187 cm³/mol. The summed E-state index contributed by atoms with van der Waals surface area (Å²) in [7, 11) is 0. The highest BCUT2D eigenvalue weighted by molar-refractivity contribution is 6.11. The normalized spacial score (nSPS) is 12.4. The van der Waals surface area contributed by atoms with E-state index < -0.39 is 0 Å². The lowest BCUT2D eigenvalue weighted by molar-refractivity contribution is 1.06. The number of imidazole rings is 1. The average molecular weight is 575 g/mol. The van der Waals surface area contributed by atoms with Crippen molar-refractivity contribution in [2.24, 2.45) is 0 Å². The standard InChI is InChI=1S/C41H26N4/c1-2-13-28(14-3-1)43-36-19-9-6-16-31(36)33-25-23-29(26-39(33)43)44-37-20-10-7-17-32(37)34-24-22-27-12-4-5-15-30(27)40(34)45-38-21-11-8-18-35(38)42-41(44)45/h1-26H. The van der Waals surface area contributed by atoms with E-state index >= 15 is 0 Å². The summed E-state index contributed by atoms with van der Waals surface area (Å²) in [5.74, 6) is 0.875. The second kappa shape index (κ2) is 9.18. The number of hydrogen-bond donors (Lipinski definition) is 0. The van der Waals surface area contributed by atoms with E-state index in [1.54, 1.807) is 0 Å². The maximum Gasteiger partial charge on any atom is 0.220 e. The van der Waals surface area contributed by atoms with E-state index in [0.29, 0.717) is 0 Å². The molecule has 4 heteroatoms. The molecule has 0 saturated heterocycles. The fraction of sp³-hybridized carbons (Fsp3) is 0. The van der Waals surface area contributed by atoms with Gasteiger partial charge in [-0.25, -0.2) is 4.98 Å². The van der Waals surface area contributed by atoms with Crippen molar-refractivity contribution in [3.05, 3.63) is 158 Å². The van der Waals surface area contributed by atoms with Crippen molar-refractivity contribution < 1.29 is 0 Å². The highest BCUT2D eigenvalue weighted by Gasteiger charge is 2.30. The lowest BCUT2D eigenvalue weighted by Gasteiger charge is -2.25. The molecule has 1 aliphatic heterocycles. The van der Waals surface area contributed by atoms with Crippen molar-refractivity contribution in [3.8, 4) is 22.5 Å². The Morgan fingerprint density at radius 2 is 1.13 bits per heavy atom. The van der Waals surface area contributed by atoms with Crippen LogP contribution in [0.3, 0.4) is 0 Å². The van der Waals surface area contributed by atoms with Gasteiger partial charge >= 0.3 is 0 Å². The lowest BCUT2D eigenvalue weighted by atomic mass is 9.97. The van der Waals surface area contributed by atoms with Crippen LogP contribution in [0.5, 0.6) is 0 Å². The zero-order chi connectivity index (χ0) is 29.5. The summed E-state index contributed by atoms with van der Waals surface area (Å²) in [4.78, 5) is 7.70. The smallest absolute Gasteiger partial charge is 0.220 e. The first-order valence-electron chi connectivity index (χ1n) is 15.3. The first-order valence-corrected chi connectivity index (χ1v) is 15.3. The monoisotopic (exact) mass is 574 g/mol. The van der Waals surface area contributed by atoms with Crippen LogP contribution in [0, 0.1) is 0 Å². The summed E-state index contributed by atoms with van der Waals surface area (Å²) in [5, 5.41) is 4.88. The van der Waals surface area contributed by atoms with Gasteiger partial charge < -0.3 is 4.57 Å². The fourth-order valence-electron chi connectivity index (χ4n) is 7.31. The summed E-state index contributed by atoms with van der Waals surface area (Å²) in [6.45, 7) is 0. The van der Waals surface area contributed by atoms with Crippen LogP contribution in [0.4, 0.5) is 17.3 Å². The highest BCUT2D eigenvalue weighted by atomic mass is 15.3. The summed E-state index contributed by atoms with van der Waals surface area (Å²) < 4.78 is 4.74. The number of rotatable bonds is 2. The van der Waals surface area contributed by atoms with E-state index in [9.17, 15) is 0 Å². The Labute approximate surface area is 259 Å². The second-order valence-electron chi connectivity index (χ2n) is 11.7. The molecule has 0 bridgehead atoms. The Kier molecular flexibility index (Phi) is 4.96. The van der Waals surface area contributed by atoms with E-state index in [-0.39, 0.29) is 0 Å². The number of hydrogen-bond acceptors (Lipinski definition) is 2. The van der Waals surface area contributed by atoms with Gasteiger partial charge in [0.2, 0.25) is 5.95 Å². The van der Waals surface area contributed by atoms with E-state index in [4.69, 9.17) is 4.98 Å². The molecule has 1 aliphatic rings. The predicted octanol–water partition coefficient (Wildman–Crippen LogP) is 10.7. The molecular weight excluding hydrogens is 548 g/mol. The number of benzene rings is 7. The molecule has 210 valence electrons. The minimum Gasteiger partial charge on any atom is -0.309 e. The molecule has 0 radical (unpaired) electrons. The molecule has 45 heavy (non-hydrogen) atoms. The topological polar surface area (TPSA) is 26.0 Å². The SMILES string of the molecule is c1ccc(-n2c3ccccc3c3ccc(N4c5ccccc5-c5ccc6ccccc6c5-n5c4nc4ccccc45)cc32)cc1. The lowest BCUT2D eigenvalue weighted by Crippen LogP contribution is -2.14. The molecule has 9 aromatic rings.